The summed E-state index contributed by atoms with van der Waals surface area (Å²) in [6.45, 7) is 8.39. The maximum absolute atomic E-state index is 11.0. The minimum Gasteiger partial charge on any atom is -0.481 e. The highest BCUT2D eigenvalue weighted by Gasteiger charge is 2.15. The smallest absolute Gasteiger partial charge is 0.362 e. The molecule has 1 heterocycles. The number of ether oxygens (including phenoxy) is 1. The number of aromatic amines is 1. The molecule has 5 nitrogen and oxygen atoms in total. The van der Waals surface area contributed by atoms with Crippen LogP contribution in [0.5, 0.6) is 5.75 Å². The van der Waals surface area contributed by atoms with Gasteiger partial charge in [0.25, 0.3) is 0 Å². The predicted octanol–water partition coefficient (Wildman–Crippen LogP) is 5.01. The van der Waals surface area contributed by atoms with Gasteiger partial charge in [-0.25, -0.2) is 0 Å². The van der Waals surface area contributed by atoms with Crippen LogP contribution < -0.4 is 4.74 Å². The molecule has 27 heavy (non-hydrogen) atoms. The molecule has 3 N–H and O–H groups in total. The van der Waals surface area contributed by atoms with Crippen LogP contribution in [0.15, 0.2) is 36.5 Å². The highest BCUT2D eigenvalue weighted by Crippen LogP contribution is 2.35. The molecular weight excluding hydrogens is 361 g/mol. The molecule has 0 amide bonds. The van der Waals surface area contributed by atoms with E-state index in [0.717, 1.165) is 23.1 Å². The Labute approximate surface area is 159 Å². The van der Waals surface area contributed by atoms with Gasteiger partial charge in [0.05, 0.1) is 0 Å². The van der Waals surface area contributed by atoms with Crippen molar-refractivity contribution in [3.63, 3.8) is 0 Å². The summed E-state index contributed by atoms with van der Waals surface area (Å²) in [5.74, 6) is 0.947. The molecule has 0 atom stereocenters. The van der Waals surface area contributed by atoms with E-state index in [1.807, 2.05) is 26.0 Å². The molecule has 0 unspecified atom stereocenters. The Morgan fingerprint density at radius 1 is 1.11 bits per heavy atom. The Balaban J connectivity index is 1.88. The van der Waals surface area contributed by atoms with Gasteiger partial charge in [-0.3, -0.25) is 4.57 Å². The molecule has 0 aliphatic rings. The summed E-state index contributed by atoms with van der Waals surface area (Å²) in [5, 5.41) is 1.26. The van der Waals surface area contributed by atoms with Crippen molar-refractivity contribution in [2.24, 2.45) is 0 Å². The van der Waals surface area contributed by atoms with E-state index in [4.69, 9.17) is 14.5 Å². The van der Waals surface area contributed by atoms with Crippen LogP contribution in [-0.4, -0.2) is 21.1 Å². The molecular formula is C21H26NO4P. The van der Waals surface area contributed by atoms with Gasteiger partial charge in [-0.05, 0) is 78.3 Å². The number of aromatic nitrogens is 1. The number of fused-ring (bicyclic) bond motifs is 1. The first-order valence-corrected chi connectivity index (χ1v) is 10.8. The lowest BCUT2D eigenvalue weighted by molar-refractivity contribution is 0.300. The fourth-order valence-corrected chi connectivity index (χ4v) is 3.77. The minimum atomic E-state index is -4.18. The molecule has 0 saturated carbocycles. The lowest BCUT2D eigenvalue weighted by Crippen LogP contribution is -2.01. The second-order valence-electron chi connectivity index (χ2n) is 7.43. The van der Waals surface area contributed by atoms with Crippen LogP contribution in [-0.2, 0) is 11.0 Å². The lowest BCUT2D eigenvalue weighted by atomic mass is 9.94. The standard InChI is InChI=1S/C21H26NO4P/c1-13(2)20-11-22-21-6-5-16(10-19(20)21)9-18-14(3)7-17(8-15(18)4)26-12-27(23,24)25/h5-8,10-11,13,22H,9,12H2,1-4H3,(H2,23,24,25). The van der Waals surface area contributed by atoms with Gasteiger partial charge in [-0.2, -0.15) is 0 Å². The van der Waals surface area contributed by atoms with Gasteiger partial charge in [0.2, 0.25) is 0 Å². The summed E-state index contributed by atoms with van der Waals surface area (Å²) in [6.07, 6.45) is 2.28. The highest BCUT2D eigenvalue weighted by molar-refractivity contribution is 7.51. The average molecular weight is 387 g/mol. The number of aryl methyl sites for hydroxylation is 2. The van der Waals surface area contributed by atoms with Gasteiger partial charge in [-0.1, -0.05) is 19.9 Å². The molecule has 2 aromatic carbocycles. The quantitative estimate of drug-likeness (QED) is 0.519. The molecule has 144 valence electrons. The third kappa shape index (κ3) is 4.62. The second-order valence-corrected chi connectivity index (χ2v) is 9.02. The van der Waals surface area contributed by atoms with Crippen molar-refractivity contribution in [1.82, 2.24) is 4.98 Å². The molecule has 0 aliphatic carbocycles. The minimum absolute atomic E-state index is 0.461. The summed E-state index contributed by atoms with van der Waals surface area (Å²) in [5.41, 5.74) is 7.01. The van der Waals surface area contributed by atoms with Crippen LogP contribution in [0.25, 0.3) is 10.9 Å². The molecule has 0 fully saturated rings. The predicted molar refractivity (Wildman–Crippen MR) is 109 cm³/mol. The second kappa shape index (κ2) is 7.51. The number of hydrogen-bond donors (Lipinski definition) is 3. The molecule has 1 aromatic heterocycles. The Hall–Kier alpha value is -2.07. The zero-order chi connectivity index (χ0) is 19.8. The van der Waals surface area contributed by atoms with Crippen molar-refractivity contribution in [2.75, 3.05) is 6.35 Å². The normalized spacial score (nSPS) is 12.1. The highest BCUT2D eigenvalue weighted by atomic mass is 31.2. The number of H-pyrrole nitrogens is 1. The van der Waals surface area contributed by atoms with Gasteiger partial charge in [0.15, 0.2) is 6.35 Å². The average Bonchev–Trinajstić information content (AvgIpc) is 2.99. The van der Waals surface area contributed by atoms with Crippen molar-refractivity contribution >= 4 is 18.5 Å². The number of hydrogen-bond acceptors (Lipinski definition) is 2. The maximum atomic E-state index is 11.0. The Bertz CT molecular complexity index is 993. The topological polar surface area (TPSA) is 82.6 Å². The van der Waals surface area contributed by atoms with Gasteiger partial charge < -0.3 is 19.5 Å². The van der Waals surface area contributed by atoms with Gasteiger partial charge in [-0.15, -0.1) is 0 Å². The van der Waals surface area contributed by atoms with Crippen molar-refractivity contribution < 1.29 is 19.1 Å². The molecule has 0 aliphatic heterocycles. The van der Waals surface area contributed by atoms with Crippen LogP contribution in [0.4, 0.5) is 0 Å². The van der Waals surface area contributed by atoms with Gasteiger partial charge >= 0.3 is 7.60 Å². The lowest BCUT2D eigenvalue weighted by Gasteiger charge is -2.14. The first-order chi connectivity index (χ1) is 12.6. The molecule has 3 aromatic rings. The fourth-order valence-electron chi connectivity index (χ4n) is 3.46. The van der Waals surface area contributed by atoms with Crippen molar-refractivity contribution in [1.29, 1.82) is 0 Å². The monoisotopic (exact) mass is 387 g/mol. The molecule has 6 heteroatoms. The molecule has 0 spiro atoms. The van der Waals surface area contributed by atoms with Crippen molar-refractivity contribution in [3.8, 4) is 5.75 Å². The van der Waals surface area contributed by atoms with Gasteiger partial charge in [0, 0.05) is 17.1 Å². The van der Waals surface area contributed by atoms with E-state index in [9.17, 15) is 4.57 Å². The van der Waals surface area contributed by atoms with Gasteiger partial charge in [0.1, 0.15) is 5.75 Å². The van der Waals surface area contributed by atoms with E-state index in [2.05, 4.69) is 43.2 Å². The third-order valence-electron chi connectivity index (χ3n) is 4.85. The van der Waals surface area contributed by atoms with Crippen LogP contribution in [0.3, 0.4) is 0 Å². The van der Waals surface area contributed by atoms with E-state index in [0.29, 0.717) is 11.7 Å². The van der Waals surface area contributed by atoms with E-state index < -0.39 is 13.9 Å². The Morgan fingerprint density at radius 3 is 2.37 bits per heavy atom. The summed E-state index contributed by atoms with van der Waals surface area (Å²) in [6, 6.07) is 10.2. The SMILES string of the molecule is Cc1cc(OCP(=O)(O)O)cc(C)c1Cc1ccc2[nH]cc(C(C)C)c2c1. The van der Waals surface area contributed by atoms with Crippen molar-refractivity contribution in [3.05, 3.63) is 64.3 Å². The van der Waals surface area contributed by atoms with E-state index in [1.165, 1.54) is 22.1 Å². The van der Waals surface area contributed by atoms with Crippen LogP contribution in [0, 0.1) is 13.8 Å². The Kier molecular flexibility index (Phi) is 5.48. The molecule has 0 radical (unpaired) electrons. The van der Waals surface area contributed by atoms with E-state index in [-0.39, 0.29) is 0 Å². The third-order valence-corrected chi connectivity index (χ3v) is 5.32. The largest absolute Gasteiger partial charge is 0.481 e. The molecule has 3 rings (SSSR count). The van der Waals surface area contributed by atoms with Crippen molar-refractivity contribution in [2.45, 2.75) is 40.0 Å². The van der Waals surface area contributed by atoms with Crippen LogP contribution >= 0.6 is 7.60 Å². The number of rotatable bonds is 6. The van der Waals surface area contributed by atoms with E-state index in [1.54, 1.807) is 0 Å². The molecule has 0 bridgehead atoms. The maximum Gasteiger partial charge on any atom is 0.362 e. The zero-order valence-electron chi connectivity index (χ0n) is 16.1. The number of benzene rings is 2. The first kappa shape index (κ1) is 19.7. The van der Waals surface area contributed by atoms with Crippen LogP contribution in [0.2, 0.25) is 0 Å². The van der Waals surface area contributed by atoms with Crippen LogP contribution in [0.1, 0.15) is 47.6 Å². The zero-order valence-corrected chi connectivity index (χ0v) is 17.0. The summed E-state index contributed by atoms with van der Waals surface area (Å²) < 4.78 is 16.3. The Morgan fingerprint density at radius 2 is 1.78 bits per heavy atom. The summed E-state index contributed by atoms with van der Waals surface area (Å²) >= 11 is 0. The number of nitrogens with one attached hydrogen (secondary N) is 1. The summed E-state index contributed by atoms with van der Waals surface area (Å²) in [7, 11) is -4.18. The summed E-state index contributed by atoms with van der Waals surface area (Å²) in [4.78, 5) is 21.3. The fraction of sp³-hybridized carbons (Fsp3) is 0.333. The first-order valence-electron chi connectivity index (χ1n) is 9.01. The van der Waals surface area contributed by atoms with E-state index >= 15 is 0 Å². The molecule has 0 saturated heterocycles.